The number of piperidine rings is 1. The highest BCUT2D eigenvalue weighted by molar-refractivity contribution is 6.44. The van der Waals surface area contributed by atoms with Gasteiger partial charge in [0.2, 0.25) is 0 Å². The van der Waals surface area contributed by atoms with E-state index in [0.29, 0.717) is 32.8 Å². The molecule has 3 fully saturated rings. The molecule has 1 aliphatic carbocycles. The SMILES string of the molecule is Cc1c(-c2c(Cl)c(Cl)cc(N)c2C=N)c(N2CCCCC2(C)C)nn1C1CC2(C1)CN(C)C2. The van der Waals surface area contributed by atoms with Gasteiger partial charge in [-0.1, -0.05) is 23.2 Å². The van der Waals surface area contributed by atoms with Gasteiger partial charge in [0.25, 0.3) is 0 Å². The van der Waals surface area contributed by atoms with E-state index in [1.165, 1.54) is 25.7 Å². The minimum absolute atomic E-state index is 0.0163. The van der Waals surface area contributed by atoms with Gasteiger partial charge in [0, 0.05) is 59.5 Å². The molecule has 1 aromatic heterocycles. The molecule has 2 aromatic rings. The van der Waals surface area contributed by atoms with Gasteiger partial charge in [0.05, 0.1) is 16.1 Å². The summed E-state index contributed by atoms with van der Waals surface area (Å²) >= 11 is 13.3. The van der Waals surface area contributed by atoms with Crippen molar-refractivity contribution in [1.29, 1.82) is 5.41 Å². The van der Waals surface area contributed by atoms with Gasteiger partial charge in [0.15, 0.2) is 5.82 Å². The molecular weight excluding hydrogens is 455 g/mol. The first kappa shape index (κ1) is 23.0. The first-order chi connectivity index (χ1) is 15.6. The third kappa shape index (κ3) is 3.57. The number of likely N-dealkylation sites (tertiary alicyclic amines) is 1. The van der Waals surface area contributed by atoms with Crippen LogP contribution in [-0.2, 0) is 0 Å². The highest BCUT2D eigenvalue weighted by atomic mass is 35.5. The molecule has 2 aliphatic heterocycles. The Morgan fingerprint density at radius 1 is 1.18 bits per heavy atom. The lowest BCUT2D eigenvalue weighted by Crippen LogP contribution is -2.60. The Kier molecular flexibility index (Phi) is 5.50. The van der Waals surface area contributed by atoms with Crippen LogP contribution in [0.5, 0.6) is 0 Å². The molecule has 178 valence electrons. The molecule has 6 nitrogen and oxygen atoms in total. The number of anilines is 2. The highest BCUT2D eigenvalue weighted by Gasteiger charge is 2.52. The van der Waals surface area contributed by atoms with Crippen LogP contribution in [0.2, 0.25) is 10.0 Å². The van der Waals surface area contributed by atoms with E-state index in [0.717, 1.165) is 54.9 Å². The monoisotopic (exact) mass is 488 g/mol. The number of halogens is 2. The molecule has 2 saturated heterocycles. The molecule has 5 rings (SSSR count). The fourth-order valence-electron chi connectivity index (χ4n) is 6.53. The Labute approximate surface area is 206 Å². The minimum Gasteiger partial charge on any atom is -0.398 e. The summed E-state index contributed by atoms with van der Waals surface area (Å²) in [5.41, 5.74) is 10.6. The van der Waals surface area contributed by atoms with Crippen molar-refractivity contribution in [3.8, 4) is 11.1 Å². The number of benzene rings is 1. The molecule has 1 saturated carbocycles. The quantitative estimate of drug-likeness (QED) is 0.422. The van der Waals surface area contributed by atoms with Crippen LogP contribution in [0.4, 0.5) is 11.5 Å². The standard InChI is InChI=1S/C25H34Cl2N6/c1-15-20(21-17(12-28)19(29)9-18(26)22(21)27)23(32-8-6-5-7-24(32,2)3)30-33(15)16-10-25(11-16)13-31(4)14-25/h9,12,16,28H,5-8,10-11,13-14,29H2,1-4H3. The molecule has 1 spiro atoms. The lowest BCUT2D eigenvalue weighted by atomic mass is 9.61. The van der Waals surface area contributed by atoms with Crippen molar-refractivity contribution < 1.29 is 0 Å². The number of hydrogen-bond donors (Lipinski definition) is 2. The fraction of sp³-hybridized carbons (Fsp3) is 0.600. The van der Waals surface area contributed by atoms with Gasteiger partial charge in [-0.2, -0.15) is 5.10 Å². The number of aromatic nitrogens is 2. The molecule has 33 heavy (non-hydrogen) atoms. The zero-order valence-corrected chi connectivity index (χ0v) is 21.5. The number of nitrogens with one attached hydrogen (secondary N) is 1. The maximum atomic E-state index is 8.10. The van der Waals surface area contributed by atoms with E-state index >= 15 is 0 Å². The third-order valence-corrected chi connectivity index (χ3v) is 8.91. The average molecular weight is 489 g/mol. The minimum atomic E-state index is -0.0163. The zero-order valence-electron chi connectivity index (χ0n) is 20.0. The molecule has 0 atom stereocenters. The van der Waals surface area contributed by atoms with E-state index < -0.39 is 0 Å². The van der Waals surface area contributed by atoms with Crippen LogP contribution >= 0.6 is 23.2 Å². The van der Waals surface area contributed by atoms with E-state index in [-0.39, 0.29) is 5.54 Å². The second-order valence-electron chi connectivity index (χ2n) is 11.1. The Bertz CT molecular complexity index is 1110. The van der Waals surface area contributed by atoms with Gasteiger partial charge in [-0.3, -0.25) is 4.68 Å². The van der Waals surface area contributed by atoms with Crippen molar-refractivity contribution in [3.63, 3.8) is 0 Å². The normalized spacial score (nSPS) is 22.3. The van der Waals surface area contributed by atoms with Crippen LogP contribution in [0.3, 0.4) is 0 Å². The molecule has 3 aliphatic rings. The van der Waals surface area contributed by atoms with Gasteiger partial charge in [-0.05, 0) is 71.4 Å². The summed E-state index contributed by atoms with van der Waals surface area (Å²) in [5, 5.41) is 14.2. The number of rotatable bonds is 4. The molecule has 3 N–H and O–H groups in total. The summed E-state index contributed by atoms with van der Waals surface area (Å²) in [6.45, 7) is 10.0. The molecule has 1 aromatic carbocycles. The Morgan fingerprint density at radius 3 is 2.48 bits per heavy atom. The predicted molar refractivity (Wildman–Crippen MR) is 138 cm³/mol. The van der Waals surface area contributed by atoms with Crippen LogP contribution in [0.25, 0.3) is 11.1 Å². The van der Waals surface area contributed by atoms with Crippen molar-refractivity contribution >= 4 is 40.9 Å². The molecule has 3 heterocycles. The fourth-order valence-corrected chi connectivity index (χ4v) is 6.99. The van der Waals surface area contributed by atoms with Gasteiger partial charge >= 0.3 is 0 Å². The lowest BCUT2D eigenvalue weighted by molar-refractivity contribution is -0.0790. The van der Waals surface area contributed by atoms with Gasteiger partial charge in [0.1, 0.15) is 0 Å². The average Bonchev–Trinajstić information content (AvgIpc) is 3.02. The van der Waals surface area contributed by atoms with Crippen molar-refractivity contribution in [3.05, 3.63) is 27.4 Å². The second kappa shape index (κ2) is 7.89. The van der Waals surface area contributed by atoms with E-state index in [1.807, 2.05) is 0 Å². The van der Waals surface area contributed by atoms with Crippen molar-refractivity contribution in [2.75, 3.05) is 37.3 Å². The van der Waals surface area contributed by atoms with Crippen LogP contribution in [-0.4, -0.2) is 53.1 Å². The Morgan fingerprint density at radius 2 is 1.88 bits per heavy atom. The van der Waals surface area contributed by atoms with E-state index in [9.17, 15) is 0 Å². The summed E-state index contributed by atoms with van der Waals surface area (Å²) in [6, 6.07) is 2.03. The number of nitrogens with zero attached hydrogens (tertiary/aromatic N) is 4. The van der Waals surface area contributed by atoms with Crippen LogP contribution < -0.4 is 10.6 Å². The van der Waals surface area contributed by atoms with Crippen molar-refractivity contribution in [1.82, 2.24) is 14.7 Å². The summed E-state index contributed by atoms with van der Waals surface area (Å²) in [6.07, 6.45) is 7.07. The van der Waals surface area contributed by atoms with Crippen LogP contribution in [0, 0.1) is 17.7 Å². The molecule has 8 heteroatoms. The summed E-state index contributed by atoms with van der Waals surface area (Å²) in [4.78, 5) is 4.83. The Hall–Kier alpha value is -1.76. The molecule has 0 bridgehead atoms. The maximum absolute atomic E-state index is 8.10. The third-order valence-electron chi connectivity index (χ3n) is 8.12. The van der Waals surface area contributed by atoms with Crippen molar-refractivity contribution in [2.24, 2.45) is 5.41 Å². The Balaban J connectivity index is 1.67. The van der Waals surface area contributed by atoms with Gasteiger partial charge in [-0.15, -0.1) is 0 Å². The summed E-state index contributed by atoms with van der Waals surface area (Å²) in [5.74, 6) is 0.940. The number of hydrogen-bond acceptors (Lipinski definition) is 5. The van der Waals surface area contributed by atoms with E-state index in [1.54, 1.807) is 6.07 Å². The van der Waals surface area contributed by atoms with Crippen LogP contribution in [0.1, 0.15) is 63.3 Å². The van der Waals surface area contributed by atoms with E-state index in [2.05, 4.69) is 42.3 Å². The summed E-state index contributed by atoms with van der Waals surface area (Å²) in [7, 11) is 2.19. The molecule has 0 radical (unpaired) electrons. The second-order valence-corrected chi connectivity index (χ2v) is 11.9. The lowest BCUT2D eigenvalue weighted by Gasteiger charge is -2.58. The zero-order chi connectivity index (χ0) is 23.7. The maximum Gasteiger partial charge on any atom is 0.159 e. The summed E-state index contributed by atoms with van der Waals surface area (Å²) < 4.78 is 2.22. The van der Waals surface area contributed by atoms with Crippen molar-refractivity contribution in [2.45, 2.75) is 64.5 Å². The van der Waals surface area contributed by atoms with Gasteiger partial charge in [-0.25, -0.2) is 0 Å². The smallest absolute Gasteiger partial charge is 0.159 e. The first-order valence-electron chi connectivity index (χ1n) is 11.9. The number of nitrogens with two attached hydrogens (primary N) is 1. The van der Waals surface area contributed by atoms with Crippen LogP contribution in [0.15, 0.2) is 6.07 Å². The van der Waals surface area contributed by atoms with Gasteiger partial charge < -0.3 is 20.9 Å². The predicted octanol–water partition coefficient (Wildman–Crippen LogP) is 5.78. The topological polar surface area (TPSA) is 74.2 Å². The largest absolute Gasteiger partial charge is 0.398 e. The van der Waals surface area contributed by atoms with E-state index in [4.69, 9.17) is 39.4 Å². The molecule has 0 unspecified atom stereocenters. The highest BCUT2D eigenvalue weighted by Crippen LogP contribution is 2.55. The first-order valence-corrected chi connectivity index (χ1v) is 12.7. The molecular formula is C25H34Cl2N6. The number of nitrogen functional groups attached to an aromatic ring is 1. The molecule has 0 amide bonds.